The lowest BCUT2D eigenvalue weighted by Crippen LogP contribution is -2.28. The van der Waals surface area contributed by atoms with E-state index in [1.54, 1.807) is 7.11 Å². The third-order valence-electron chi connectivity index (χ3n) is 3.95. The van der Waals surface area contributed by atoms with Crippen LogP contribution in [0.25, 0.3) is 5.69 Å². The van der Waals surface area contributed by atoms with Gasteiger partial charge in [0.25, 0.3) is 0 Å². The lowest BCUT2D eigenvalue weighted by Gasteiger charge is -2.21. The molecule has 1 N–H and O–H groups in total. The van der Waals surface area contributed by atoms with Crippen LogP contribution in [-0.2, 0) is 6.42 Å². The number of aromatic nitrogens is 2. The molecule has 0 radical (unpaired) electrons. The molecule has 2 heterocycles. The fourth-order valence-electron chi connectivity index (χ4n) is 2.84. The highest BCUT2D eigenvalue weighted by Gasteiger charge is 2.15. The molecule has 1 aliphatic rings. The largest absolute Gasteiger partial charge is 0.494 e. The van der Waals surface area contributed by atoms with Crippen molar-refractivity contribution in [2.45, 2.75) is 19.3 Å². The molecule has 4 heteroatoms. The fourth-order valence-corrected chi connectivity index (χ4v) is 2.84. The quantitative estimate of drug-likeness (QED) is 0.928. The SMILES string of the molecule is COc1ccccc1-n1cc(CC2CCNCC2)cn1. The minimum Gasteiger partial charge on any atom is -0.494 e. The molecule has 4 nitrogen and oxygen atoms in total. The molecule has 0 saturated carbocycles. The second-order valence-corrected chi connectivity index (χ2v) is 5.36. The van der Waals surface area contributed by atoms with E-state index in [4.69, 9.17) is 4.74 Å². The van der Waals surface area contributed by atoms with E-state index in [-0.39, 0.29) is 0 Å². The molecule has 20 heavy (non-hydrogen) atoms. The lowest BCUT2D eigenvalue weighted by atomic mass is 9.92. The van der Waals surface area contributed by atoms with E-state index in [0.717, 1.165) is 36.9 Å². The highest BCUT2D eigenvalue weighted by molar-refractivity contribution is 5.46. The van der Waals surface area contributed by atoms with E-state index in [2.05, 4.69) is 16.6 Å². The van der Waals surface area contributed by atoms with Gasteiger partial charge in [-0.1, -0.05) is 12.1 Å². The van der Waals surface area contributed by atoms with Crippen molar-refractivity contribution in [1.82, 2.24) is 15.1 Å². The average molecular weight is 271 g/mol. The number of piperidine rings is 1. The monoisotopic (exact) mass is 271 g/mol. The number of nitrogens with one attached hydrogen (secondary N) is 1. The van der Waals surface area contributed by atoms with Crippen molar-refractivity contribution in [2.75, 3.05) is 20.2 Å². The summed E-state index contributed by atoms with van der Waals surface area (Å²) in [6, 6.07) is 7.97. The van der Waals surface area contributed by atoms with Gasteiger partial charge in [-0.25, -0.2) is 4.68 Å². The van der Waals surface area contributed by atoms with Crippen LogP contribution >= 0.6 is 0 Å². The molecule has 0 aliphatic carbocycles. The molecular formula is C16H21N3O. The van der Waals surface area contributed by atoms with E-state index >= 15 is 0 Å². The second-order valence-electron chi connectivity index (χ2n) is 5.36. The molecule has 0 spiro atoms. The maximum Gasteiger partial charge on any atom is 0.144 e. The molecule has 0 amide bonds. The number of hydrogen-bond donors (Lipinski definition) is 1. The highest BCUT2D eigenvalue weighted by atomic mass is 16.5. The van der Waals surface area contributed by atoms with E-state index < -0.39 is 0 Å². The van der Waals surface area contributed by atoms with E-state index in [1.807, 2.05) is 35.1 Å². The van der Waals surface area contributed by atoms with Gasteiger partial charge in [-0.2, -0.15) is 5.10 Å². The fraction of sp³-hybridized carbons (Fsp3) is 0.438. The molecule has 1 aromatic heterocycles. The molecular weight excluding hydrogens is 250 g/mol. The summed E-state index contributed by atoms with van der Waals surface area (Å²) in [7, 11) is 1.69. The number of benzene rings is 1. The summed E-state index contributed by atoms with van der Waals surface area (Å²) in [4.78, 5) is 0. The minimum atomic E-state index is 0.784. The Morgan fingerprint density at radius 3 is 2.90 bits per heavy atom. The summed E-state index contributed by atoms with van der Waals surface area (Å²) < 4.78 is 7.30. The van der Waals surface area contributed by atoms with Crippen molar-refractivity contribution >= 4 is 0 Å². The van der Waals surface area contributed by atoms with E-state index in [1.165, 1.54) is 18.4 Å². The zero-order valence-electron chi connectivity index (χ0n) is 11.9. The molecule has 1 fully saturated rings. The number of para-hydroxylation sites is 2. The Morgan fingerprint density at radius 1 is 1.30 bits per heavy atom. The first-order chi connectivity index (χ1) is 9.86. The molecule has 106 valence electrons. The summed E-state index contributed by atoms with van der Waals surface area (Å²) in [6.45, 7) is 2.29. The molecule has 1 aliphatic heterocycles. The number of hydrogen-bond acceptors (Lipinski definition) is 3. The van der Waals surface area contributed by atoms with Crippen LogP contribution in [0.1, 0.15) is 18.4 Å². The third-order valence-corrected chi connectivity index (χ3v) is 3.95. The van der Waals surface area contributed by atoms with Gasteiger partial charge in [-0.15, -0.1) is 0 Å². The molecule has 0 atom stereocenters. The Kier molecular flexibility index (Phi) is 4.02. The first kappa shape index (κ1) is 13.2. The molecule has 1 saturated heterocycles. The Bertz CT molecular complexity index is 558. The van der Waals surface area contributed by atoms with Gasteiger partial charge in [0.05, 0.1) is 13.3 Å². The Labute approximate surface area is 119 Å². The van der Waals surface area contributed by atoms with Crippen molar-refractivity contribution in [3.63, 3.8) is 0 Å². The van der Waals surface area contributed by atoms with Gasteiger partial charge in [0.15, 0.2) is 0 Å². The first-order valence-electron chi connectivity index (χ1n) is 7.24. The highest BCUT2D eigenvalue weighted by Crippen LogP contribution is 2.23. The van der Waals surface area contributed by atoms with Crippen LogP contribution < -0.4 is 10.1 Å². The number of nitrogens with zero attached hydrogens (tertiary/aromatic N) is 2. The van der Waals surface area contributed by atoms with Crippen molar-refractivity contribution in [1.29, 1.82) is 0 Å². The van der Waals surface area contributed by atoms with Crippen LogP contribution in [0.2, 0.25) is 0 Å². The maximum absolute atomic E-state index is 5.39. The summed E-state index contributed by atoms with van der Waals surface area (Å²) in [5.74, 6) is 1.63. The van der Waals surface area contributed by atoms with Gasteiger partial charge < -0.3 is 10.1 Å². The topological polar surface area (TPSA) is 39.1 Å². The maximum atomic E-state index is 5.39. The van der Waals surface area contributed by atoms with Crippen LogP contribution in [-0.4, -0.2) is 30.0 Å². The van der Waals surface area contributed by atoms with Crippen molar-refractivity contribution in [3.05, 3.63) is 42.2 Å². The lowest BCUT2D eigenvalue weighted by molar-refractivity contribution is 0.372. The summed E-state index contributed by atoms with van der Waals surface area (Å²) in [5, 5.41) is 7.89. The van der Waals surface area contributed by atoms with Gasteiger partial charge in [-0.3, -0.25) is 0 Å². The Morgan fingerprint density at radius 2 is 2.10 bits per heavy atom. The van der Waals surface area contributed by atoms with Crippen LogP contribution in [0, 0.1) is 5.92 Å². The summed E-state index contributed by atoms with van der Waals surface area (Å²) in [6.07, 6.45) is 7.75. The van der Waals surface area contributed by atoms with Crippen molar-refractivity contribution in [3.8, 4) is 11.4 Å². The summed E-state index contributed by atoms with van der Waals surface area (Å²) in [5.41, 5.74) is 2.30. The third kappa shape index (κ3) is 2.85. The van der Waals surface area contributed by atoms with Gasteiger partial charge in [0.1, 0.15) is 11.4 Å². The van der Waals surface area contributed by atoms with Crippen LogP contribution in [0.4, 0.5) is 0 Å². The number of rotatable bonds is 4. The van der Waals surface area contributed by atoms with Crippen LogP contribution in [0.15, 0.2) is 36.7 Å². The van der Waals surface area contributed by atoms with Crippen LogP contribution in [0.3, 0.4) is 0 Å². The van der Waals surface area contributed by atoms with Gasteiger partial charge in [0, 0.05) is 6.20 Å². The smallest absolute Gasteiger partial charge is 0.144 e. The zero-order valence-corrected chi connectivity index (χ0v) is 11.9. The minimum absolute atomic E-state index is 0.784. The van der Waals surface area contributed by atoms with E-state index in [0.29, 0.717) is 0 Å². The standard InChI is InChI=1S/C16H21N3O/c1-20-16-5-3-2-4-15(16)19-12-14(11-18-19)10-13-6-8-17-9-7-13/h2-5,11-13,17H,6-10H2,1H3. The van der Waals surface area contributed by atoms with Gasteiger partial charge >= 0.3 is 0 Å². The van der Waals surface area contributed by atoms with Gasteiger partial charge in [0.2, 0.25) is 0 Å². The van der Waals surface area contributed by atoms with Crippen molar-refractivity contribution in [2.24, 2.45) is 5.92 Å². The van der Waals surface area contributed by atoms with Gasteiger partial charge in [-0.05, 0) is 56.0 Å². The number of methoxy groups -OCH3 is 1. The normalized spacial score (nSPS) is 16.2. The molecule has 2 aromatic rings. The predicted octanol–water partition coefficient (Wildman–Crippen LogP) is 2.42. The van der Waals surface area contributed by atoms with Crippen molar-refractivity contribution < 1.29 is 4.74 Å². The Hall–Kier alpha value is -1.81. The molecule has 0 unspecified atom stereocenters. The molecule has 3 rings (SSSR count). The number of ether oxygens (including phenoxy) is 1. The zero-order chi connectivity index (χ0) is 13.8. The first-order valence-corrected chi connectivity index (χ1v) is 7.24. The Balaban J connectivity index is 1.75. The molecule has 0 bridgehead atoms. The van der Waals surface area contributed by atoms with Crippen LogP contribution in [0.5, 0.6) is 5.75 Å². The average Bonchev–Trinajstić information content (AvgIpc) is 2.96. The second kappa shape index (κ2) is 6.09. The molecule has 1 aromatic carbocycles. The van der Waals surface area contributed by atoms with E-state index in [9.17, 15) is 0 Å². The predicted molar refractivity (Wildman–Crippen MR) is 79.4 cm³/mol. The summed E-state index contributed by atoms with van der Waals surface area (Å²) >= 11 is 0.